The number of hydrogen-bond acceptors (Lipinski definition) is 5. The Hall–Kier alpha value is -3.56. The van der Waals surface area contributed by atoms with Gasteiger partial charge < -0.3 is 5.32 Å². The van der Waals surface area contributed by atoms with E-state index in [1.165, 1.54) is 31.2 Å². The number of amides is 1. The summed E-state index contributed by atoms with van der Waals surface area (Å²) in [6.07, 6.45) is 0. The highest BCUT2D eigenvalue weighted by atomic mass is 32.2. The van der Waals surface area contributed by atoms with Gasteiger partial charge in [-0.15, -0.1) is 0 Å². The lowest BCUT2D eigenvalue weighted by Gasteiger charge is -2.22. The van der Waals surface area contributed by atoms with Crippen molar-refractivity contribution in [1.82, 2.24) is 4.31 Å². The molecule has 0 fully saturated rings. The SMILES string of the molecule is Cc1ccc(S(=O)(=O)N(CC(=O)Nc2cccc([N+](=O)[O-])c2C)Cc2cccc(C)c2)cc1. The summed E-state index contributed by atoms with van der Waals surface area (Å²) in [6, 6.07) is 18.2. The van der Waals surface area contributed by atoms with Gasteiger partial charge in [-0.3, -0.25) is 14.9 Å². The van der Waals surface area contributed by atoms with Crippen LogP contribution in [-0.2, 0) is 21.4 Å². The molecule has 3 rings (SSSR count). The largest absolute Gasteiger partial charge is 0.324 e. The predicted molar refractivity (Wildman–Crippen MR) is 126 cm³/mol. The molecule has 0 saturated heterocycles. The van der Waals surface area contributed by atoms with Crippen molar-refractivity contribution in [1.29, 1.82) is 0 Å². The van der Waals surface area contributed by atoms with Gasteiger partial charge in [-0.2, -0.15) is 4.31 Å². The van der Waals surface area contributed by atoms with Crippen molar-refractivity contribution in [3.63, 3.8) is 0 Å². The van der Waals surface area contributed by atoms with Crippen molar-refractivity contribution in [2.24, 2.45) is 0 Å². The van der Waals surface area contributed by atoms with Crippen LogP contribution in [0, 0.1) is 30.9 Å². The van der Waals surface area contributed by atoms with Crippen molar-refractivity contribution in [3.8, 4) is 0 Å². The quantitative estimate of drug-likeness (QED) is 0.391. The van der Waals surface area contributed by atoms with E-state index in [2.05, 4.69) is 5.32 Å². The maximum atomic E-state index is 13.4. The number of nitrogens with zero attached hydrogens (tertiary/aromatic N) is 2. The minimum absolute atomic E-state index is 0.000765. The van der Waals surface area contributed by atoms with Crippen LogP contribution in [0.4, 0.5) is 11.4 Å². The fraction of sp³-hybridized carbons (Fsp3) is 0.208. The van der Waals surface area contributed by atoms with Crippen LogP contribution in [-0.4, -0.2) is 30.1 Å². The van der Waals surface area contributed by atoms with Crippen LogP contribution < -0.4 is 5.32 Å². The van der Waals surface area contributed by atoms with Crippen molar-refractivity contribution in [2.75, 3.05) is 11.9 Å². The number of nitrogens with one attached hydrogen (secondary N) is 1. The Kier molecular flexibility index (Phi) is 7.25. The molecule has 9 heteroatoms. The van der Waals surface area contributed by atoms with E-state index in [1.54, 1.807) is 24.3 Å². The maximum Gasteiger partial charge on any atom is 0.274 e. The normalized spacial score (nSPS) is 11.4. The number of nitro groups is 1. The van der Waals surface area contributed by atoms with E-state index >= 15 is 0 Å². The summed E-state index contributed by atoms with van der Waals surface area (Å²) in [6.45, 7) is 4.84. The van der Waals surface area contributed by atoms with Crippen molar-refractivity contribution in [3.05, 3.63) is 99.1 Å². The molecular formula is C24H25N3O5S. The van der Waals surface area contributed by atoms with Gasteiger partial charge in [0.25, 0.3) is 5.69 Å². The minimum atomic E-state index is -3.98. The second kappa shape index (κ2) is 9.93. The van der Waals surface area contributed by atoms with Crippen LogP contribution in [0.2, 0.25) is 0 Å². The molecule has 0 aliphatic rings. The fourth-order valence-corrected chi connectivity index (χ4v) is 4.79. The molecule has 0 atom stereocenters. The lowest BCUT2D eigenvalue weighted by molar-refractivity contribution is -0.385. The number of aryl methyl sites for hydroxylation is 2. The van der Waals surface area contributed by atoms with Gasteiger partial charge in [0.2, 0.25) is 15.9 Å². The third kappa shape index (κ3) is 5.82. The molecule has 8 nitrogen and oxygen atoms in total. The Balaban J connectivity index is 1.91. The molecule has 33 heavy (non-hydrogen) atoms. The van der Waals surface area contributed by atoms with Crippen LogP contribution in [0.1, 0.15) is 22.3 Å². The van der Waals surface area contributed by atoms with Gasteiger partial charge in [-0.1, -0.05) is 53.6 Å². The van der Waals surface area contributed by atoms with Gasteiger partial charge in [-0.25, -0.2) is 8.42 Å². The van der Waals surface area contributed by atoms with Crippen LogP contribution in [0.25, 0.3) is 0 Å². The molecule has 0 bridgehead atoms. The first-order valence-electron chi connectivity index (χ1n) is 10.2. The fourth-order valence-electron chi connectivity index (χ4n) is 3.41. The monoisotopic (exact) mass is 467 g/mol. The second-order valence-electron chi connectivity index (χ2n) is 7.83. The summed E-state index contributed by atoms with van der Waals surface area (Å²) in [4.78, 5) is 23.6. The topological polar surface area (TPSA) is 110 Å². The van der Waals surface area contributed by atoms with Crippen LogP contribution >= 0.6 is 0 Å². The zero-order chi connectivity index (χ0) is 24.2. The number of rotatable bonds is 8. The molecule has 0 aliphatic heterocycles. The zero-order valence-electron chi connectivity index (χ0n) is 18.6. The lowest BCUT2D eigenvalue weighted by atomic mass is 10.1. The third-order valence-electron chi connectivity index (χ3n) is 5.20. The lowest BCUT2D eigenvalue weighted by Crippen LogP contribution is -2.37. The molecule has 3 aromatic rings. The maximum absolute atomic E-state index is 13.4. The van der Waals surface area contributed by atoms with Gasteiger partial charge in [-0.05, 0) is 44.5 Å². The highest BCUT2D eigenvalue weighted by Gasteiger charge is 2.27. The van der Waals surface area contributed by atoms with Crippen LogP contribution in [0.15, 0.2) is 71.6 Å². The number of anilines is 1. The summed E-state index contributed by atoms with van der Waals surface area (Å²) >= 11 is 0. The van der Waals surface area contributed by atoms with Gasteiger partial charge >= 0.3 is 0 Å². The molecule has 172 valence electrons. The summed E-state index contributed by atoms with van der Waals surface area (Å²) in [7, 11) is -3.98. The van der Waals surface area contributed by atoms with Crippen LogP contribution in [0.3, 0.4) is 0 Å². The molecule has 1 amide bonds. The van der Waals surface area contributed by atoms with Crippen molar-refractivity contribution < 1.29 is 18.1 Å². The van der Waals surface area contributed by atoms with Gasteiger partial charge in [0, 0.05) is 12.6 Å². The smallest absolute Gasteiger partial charge is 0.274 e. The molecule has 1 N–H and O–H groups in total. The first-order valence-corrected chi connectivity index (χ1v) is 11.7. The summed E-state index contributed by atoms with van der Waals surface area (Å²) in [5.41, 5.74) is 3.05. The van der Waals surface area contributed by atoms with E-state index in [1.807, 2.05) is 32.0 Å². The molecule has 0 aromatic heterocycles. The number of nitro benzene ring substituents is 1. The zero-order valence-corrected chi connectivity index (χ0v) is 19.4. The highest BCUT2D eigenvalue weighted by molar-refractivity contribution is 7.89. The summed E-state index contributed by atoms with van der Waals surface area (Å²) in [5.74, 6) is -0.595. The van der Waals surface area contributed by atoms with Crippen LogP contribution in [0.5, 0.6) is 0 Å². The number of hydrogen-bond donors (Lipinski definition) is 1. The average Bonchev–Trinajstić information content (AvgIpc) is 2.75. The molecule has 0 spiro atoms. The van der Waals surface area contributed by atoms with E-state index in [4.69, 9.17) is 0 Å². The Morgan fingerprint density at radius 1 is 0.970 bits per heavy atom. The molecule has 0 aliphatic carbocycles. The molecule has 0 heterocycles. The number of benzene rings is 3. The van der Waals surface area contributed by atoms with E-state index in [0.29, 0.717) is 5.56 Å². The standard InChI is InChI=1S/C24H25N3O5S/c1-17-10-12-21(13-11-17)33(31,32)26(15-20-7-4-6-18(2)14-20)16-24(28)25-22-8-5-9-23(19(22)3)27(29)30/h4-14H,15-16H2,1-3H3,(H,25,28). The Morgan fingerprint density at radius 3 is 2.27 bits per heavy atom. The molecular weight excluding hydrogens is 442 g/mol. The predicted octanol–water partition coefficient (Wildman–Crippen LogP) is 4.35. The van der Waals surface area contributed by atoms with Gasteiger partial charge in [0.05, 0.1) is 27.6 Å². The Labute approximate surface area is 193 Å². The third-order valence-corrected chi connectivity index (χ3v) is 7.00. The molecule has 0 radical (unpaired) electrons. The first-order chi connectivity index (χ1) is 15.6. The first kappa shape index (κ1) is 24.1. The Morgan fingerprint density at radius 2 is 1.64 bits per heavy atom. The summed E-state index contributed by atoms with van der Waals surface area (Å²) < 4.78 is 27.9. The molecule has 3 aromatic carbocycles. The van der Waals surface area contributed by atoms with Gasteiger partial charge in [0.15, 0.2) is 0 Å². The summed E-state index contributed by atoms with van der Waals surface area (Å²) in [5, 5.41) is 13.8. The van der Waals surface area contributed by atoms with E-state index in [0.717, 1.165) is 21.0 Å². The second-order valence-corrected chi connectivity index (χ2v) is 9.77. The average molecular weight is 468 g/mol. The molecule has 0 saturated carbocycles. The number of sulfonamides is 1. The van der Waals surface area contributed by atoms with E-state index in [-0.39, 0.29) is 22.8 Å². The van der Waals surface area contributed by atoms with E-state index in [9.17, 15) is 23.3 Å². The number of carbonyl (C=O) groups is 1. The van der Waals surface area contributed by atoms with Gasteiger partial charge in [0.1, 0.15) is 0 Å². The Bertz CT molecular complexity index is 1290. The molecule has 0 unspecified atom stereocenters. The highest BCUT2D eigenvalue weighted by Crippen LogP contribution is 2.25. The minimum Gasteiger partial charge on any atom is -0.324 e. The van der Waals surface area contributed by atoms with Crippen molar-refractivity contribution >= 4 is 27.3 Å². The van der Waals surface area contributed by atoms with E-state index < -0.39 is 27.4 Å². The van der Waals surface area contributed by atoms with Crippen molar-refractivity contribution in [2.45, 2.75) is 32.2 Å². The number of carbonyl (C=O) groups excluding carboxylic acids is 1.